The molecule has 0 spiro atoms. The third-order valence-electron chi connectivity index (χ3n) is 5.71. The fourth-order valence-electron chi connectivity index (χ4n) is 4.21. The molecular weight excluding hydrogens is 475 g/mol. The Morgan fingerprint density at radius 2 is 1.97 bits per heavy atom. The van der Waals surface area contributed by atoms with Crippen molar-refractivity contribution in [3.63, 3.8) is 0 Å². The van der Waals surface area contributed by atoms with Gasteiger partial charge in [-0.1, -0.05) is 37.3 Å². The van der Waals surface area contributed by atoms with Gasteiger partial charge in [-0.2, -0.15) is 0 Å². The predicted molar refractivity (Wildman–Crippen MR) is 132 cm³/mol. The van der Waals surface area contributed by atoms with E-state index in [-0.39, 0.29) is 24.0 Å². The van der Waals surface area contributed by atoms with Crippen molar-refractivity contribution in [1.82, 2.24) is 15.1 Å². The van der Waals surface area contributed by atoms with Crippen molar-refractivity contribution < 1.29 is 4.74 Å². The Labute approximate surface area is 194 Å². The minimum absolute atomic E-state index is 0. The van der Waals surface area contributed by atoms with Crippen LogP contribution in [0.3, 0.4) is 0 Å². The summed E-state index contributed by atoms with van der Waals surface area (Å²) >= 11 is 0. The van der Waals surface area contributed by atoms with E-state index in [1.165, 1.54) is 44.5 Å². The van der Waals surface area contributed by atoms with Crippen molar-refractivity contribution in [1.29, 1.82) is 0 Å². The first-order valence-electron chi connectivity index (χ1n) is 11.1. The second-order valence-corrected chi connectivity index (χ2v) is 8.41. The topological polar surface area (TPSA) is 40.1 Å². The van der Waals surface area contributed by atoms with Crippen LogP contribution >= 0.6 is 24.0 Å². The van der Waals surface area contributed by atoms with Gasteiger partial charge in [-0.3, -0.25) is 4.99 Å². The van der Waals surface area contributed by atoms with Gasteiger partial charge in [0.25, 0.3) is 0 Å². The van der Waals surface area contributed by atoms with E-state index in [2.05, 4.69) is 53.2 Å². The summed E-state index contributed by atoms with van der Waals surface area (Å²) < 4.78 is 5.97. The Hall–Kier alpha value is -0.860. The second kappa shape index (κ2) is 13.4. The van der Waals surface area contributed by atoms with Crippen LogP contribution in [0.25, 0.3) is 0 Å². The Morgan fingerprint density at radius 3 is 2.69 bits per heavy atom. The molecule has 0 bridgehead atoms. The lowest BCUT2D eigenvalue weighted by Crippen LogP contribution is -2.40. The SMILES string of the molecule is CCNC(=NCC(C)CN1CCCC1)N1CCC(COCc2ccccc2)C1.I. The molecule has 2 atom stereocenters. The smallest absolute Gasteiger partial charge is 0.193 e. The van der Waals surface area contributed by atoms with Crippen LogP contribution in [0.15, 0.2) is 35.3 Å². The number of nitrogens with one attached hydrogen (secondary N) is 1. The summed E-state index contributed by atoms with van der Waals surface area (Å²) in [7, 11) is 0. The zero-order chi connectivity index (χ0) is 19.6. The van der Waals surface area contributed by atoms with Gasteiger partial charge in [0.05, 0.1) is 13.2 Å². The maximum atomic E-state index is 5.97. The standard InChI is InChI=1S/C23H38N4O.HI/c1-3-24-23(25-15-20(2)16-26-12-7-8-13-26)27-14-11-22(17-27)19-28-18-21-9-5-4-6-10-21;/h4-6,9-10,20,22H,3,7-8,11-19H2,1-2H3,(H,24,25);1H. The first-order chi connectivity index (χ1) is 13.7. The van der Waals surface area contributed by atoms with Gasteiger partial charge >= 0.3 is 0 Å². The van der Waals surface area contributed by atoms with Gasteiger partial charge in [-0.15, -0.1) is 24.0 Å². The normalized spacial score (nSPS) is 21.2. The molecule has 2 saturated heterocycles. The van der Waals surface area contributed by atoms with Crippen LogP contribution in [0.4, 0.5) is 0 Å². The third kappa shape index (κ3) is 8.42. The van der Waals surface area contributed by atoms with Crippen LogP contribution in [0.1, 0.15) is 38.7 Å². The Morgan fingerprint density at radius 1 is 1.21 bits per heavy atom. The predicted octanol–water partition coefficient (Wildman–Crippen LogP) is 3.84. The van der Waals surface area contributed by atoms with Gasteiger partial charge in [0.15, 0.2) is 5.96 Å². The summed E-state index contributed by atoms with van der Waals surface area (Å²) in [6, 6.07) is 10.4. The van der Waals surface area contributed by atoms with Gasteiger partial charge < -0.3 is 19.9 Å². The second-order valence-electron chi connectivity index (χ2n) is 8.41. The summed E-state index contributed by atoms with van der Waals surface area (Å²) in [6.45, 7) is 13.7. The molecule has 5 nitrogen and oxygen atoms in total. The van der Waals surface area contributed by atoms with E-state index in [0.717, 1.165) is 38.7 Å². The van der Waals surface area contributed by atoms with Crippen LogP contribution in [0.2, 0.25) is 0 Å². The number of halogens is 1. The van der Waals surface area contributed by atoms with Crippen molar-refractivity contribution in [2.45, 2.75) is 39.7 Å². The average Bonchev–Trinajstić information content (AvgIpc) is 3.38. The first-order valence-corrected chi connectivity index (χ1v) is 11.1. The number of aliphatic imine (C=N–C) groups is 1. The molecule has 2 unspecified atom stereocenters. The van der Waals surface area contributed by atoms with Crippen molar-refractivity contribution in [2.75, 3.05) is 52.4 Å². The highest BCUT2D eigenvalue weighted by molar-refractivity contribution is 14.0. The Bertz CT molecular complexity index is 592. The van der Waals surface area contributed by atoms with Crippen LogP contribution in [0.5, 0.6) is 0 Å². The molecule has 2 aliphatic rings. The molecule has 0 radical (unpaired) electrons. The highest BCUT2D eigenvalue weighted by Gasteiger charge is 2.25. The molecule has 0 aliphatic carbocycles. The molecule has 3 rings (SSSR count). The van der Waals surface area contributed by atoms with Gasteiger partial charge in [0.2, 0.25) is 0 Å². The van der Waals surface area contributed by atoms with Gasteiger partial charge in [-0.25, -0.2) is 0 Å². The molecule has 0 aromatic heterocycles. The maximum absolute atomic E-state index is 5.97. The van der Waals surface area contributed by atoms with Gasteiger partial charge in [-0.05, 0) is 50.8 Å². The van der Waals surface area contributed by atoms with E-state index in [1.807, 2.05) is 6.07 Å². The van der Waals surface area contributed by atoms with E-state index in [1.54, 1.807) is 0 Å². The molecule has 0 saturated carbocycles. The molecule has 1 aromatic carbocycles. The molecule has 2 aliphatic heterocycles. The number of rotatable bonds is 9. The largest absolute Gasteiger partial charge is 0.376 e. The summed E-state index contributed by atoms with van der Waals surface area (Å²) in [5, 5.41) is 3.50. The van der Waals surface area contributed by atoms with Crippen molar-refractivity contribution in [3.05, 3.63) is 35.9 Å². The van der Waals surface area contributed by atoms with E-state index >= 15 is 0 Å². The minimum Gasteiger partial charge on any atom is -0.376 e. The van der Waals surface area contributed by atoms with E-state index in [9.17, 15) is 0 Å². The van der Waals surface area contributed by atoms with E-state index in [4.69, 9.17) is 9.73 Å². The van der Waals surface area contributed by atoms with Crippen molar-refractivity contribution >= 4 is 29.9 Å². The van der Waals surface area contributed by atoms with Crippen LogP contribution in [-0.4, -0.2) is 68.2 Å². The third-order valence-corrected chi connectivity index (χ3v) is 5.71. The lowest BCUT2D eigenvalue weighted by Gasteiger charge is -2.23. The van der Waals surface area contributed by atoms with Crippen LogP contribution in [0, 0.1) is 11.8 Å². The van der Waals surface area contributed by atoms with Crippen molar-refractivity contribution in [3.8, 4) is 0 Å². The molecule has 1 aromatic rings. The Kier molecular flexibility index (Phi) is 11.3. The molecule has 2 fully saturated rings. The van der Waals surface area contributed by atoms with Gasteiger partial charge in [0.1, 0.15) is 0 Å². The van der Waals surface area contributed by atoms with Crippen LogP contribution < -0.4 is 5.32 Å². The Balaban J connectivity index is 0.00000300. The summed E-state index contributed by atoms with van der Waals surface area (Å²) in [4.78, 5) is 9.97. The van der Waals surface area contributed by atoms with Gasteiger partial charge in [0, 0.05) is 38.6 Å². The average molecular weight is 514 g/mol. The minimum atomic E-state index is 0. The molecule has 164 valence electrons. The lowest BCUT2D eigenvalue weighted by atomic mass is 10.1. The number of guanidine groups is 1. The molecule has 0 amide bonds. The number of ether oxygens (including phenoxy) is 1. The fourth-order valence-corrected chi connectivity index (χ4v) is 4.21. The molecule has 29 heavy (non-hydrogen) atoms. The quantitative estimate of drug-likeness (QED) is 0.309. The molecule has 2 heterocycles. The summed E-state index contributed by atoms with van der Waals surface area (Å²) in [5.41, 5.74) is 1.25. The number of nitrogens with zero attached hydrogens (tertiary/aromatic N) is 3. The zero-order valence-corrected chi connectivity index (χ0v) is 20.5. The highest BCUT2D eigenvalue weighted by Crippen LogP contribution is 2.18. The number of hydrogen-bond donors (Lipinski definition) is 1. The summed E-state index contributed by atoms with van der Waals surface area (Å²) in [5.74, 6) is 2.29. The summed E-state index contributed by atoms with van der Waals surface area (Å²) in [6.07, 6.45) is 3.91. The van der Waals surface area contributed by atoms with Crippen molar-refractivity contribution in [2.24, 2.45) is 16.8 Å². The number of benzene rings is 1. The van der Waals surface area contributed by atoms with E-state index < -0.39 is 0 Å². The van der Waals surface area contributed by atoms with Crippen LogP contribution in [-0.2, 0) is 11.3 Å². The van der Waals surface area contributed by atoms with E-state index in [0.29, 0.717) is 18.4 Å². The lowest BCUT2D eigenvalue weighted by molar-refractivity contribution is 0.0906. The maximum Gasteiger partial charge on any atom is 0.193 e. The molecule has 6 heteroatoms. The number of hydrogen-bond acceptors (Lipinski definition) is 3. The molecular formula is C23H39IN4O. The number of likely N-dealkylation sites (tertiary alicyclic amines) is 2. The fraction of sp³-hybridized carbons (Fsp3) is 0.696. The zero-order valence-electron chi connectivity index (χ0n) is 18.2. The molecule has 1 N–H and O–H groups in total. The first kappa shape index (κ1) is 24.4. The highest BCUT2D eigenvalue weighted by atomic mass is 127. The monoisotopic (exact) mass is 514 g/mol.